The summed E-state index contributed by atoms with van der Waals surface area (Å²) in [5.41, 5.74) is 0. The maximum absolute atomic E-state index is 10.5. The molecule has 0 aromatic rings. The first-order valence-electron chi connectivity index (χ1n) is 16.2. The second kappa shape index (κ2) is 31.5. The van der Waals surface area contributed by atoms with Gasteiger partial charge in [0.2, 0.25) is 0 Å². The average molecular weight is 496 g/mol. The average Bonchev–Trinajstić information content (AvgIpc) is 2.85. The summed E-state index contributed by atoms with van der Waals surface area (Å²) in [4.78, 5) is 10.5. The van der Waals surface area contributed by atoms with E-state index in [1.807, 2.05) is 0 Å². The quantitative estimate of drug-likeness (QED) is 0.0940. The van der Waals surface area contributed by atoms with E-state index in [9.17, 15) is 4.79 Å². The lowest BCUT2D eigenvalue weighted by molar-refractivity contribution is -0.137. The lowest BCUT2D eigenvalue weighted by Gasteiger charge is -2.06. The van der Waals surface area contributed by atoms with Crippen LogP contribution in [0.4, 0.5) is 0 Å². The highest BCUT2D eigenvalue weighted by Gasteiger charge is 1.98. The molecular weight excluding hydrogens is 430 g/mol. The van der Waals surface area contributed by atoms with Crippen LogP contribution >= 0.6 is 0 Å². The Morgan fingerprint density at radius 2 is 0.686 bits per heavy atom. The minimum absolute atomic E-state index is 0.345. The second-order valence-electron chi connectivity index (χ2n) is 11.1. The maximum atomic E-state index is 10.5. The first-order valence-corrected chi connectivity index (χ1v) is 16.2. The topological polar surface area (TPSA) is 49.3 Å². The maximum Gasteiger partial charge on any atom is 0.303 e. The van der Waals surface area contributed by atoms with Crippen LogP contribution < -0.4 is 5.32 Å². The van der Waals surface area contributed by atoms with Crippen molar-refractivity contribution in [2.75, 3.05) is 13.1 Å². The normalized spacial score (nSPS) is 11.3. The third-order valence-electron chi connectivity index (χ3n) is 7.45. The fourth-order valence-corrected chi connectivity index (χ4v) is 5.04. The predicted octanol–water partition coefficient (Wildman–Crippen LogP) is 10.6. The van der Waals surface area contributed by atoms with Crippen molar-refractivity contribution in [1.29, 1.82) is 0 Å². The summed E-state index contributed by atoms with van der Waals surface area (Å²) in [6, 6.07) is 0. The molecule has 210 valence electrons. The lowest BCUT2D eigenvalue weighted by Crippen LogP contribution is -2.16. The fourth-order valence-electron chi connectivity index (χ4n) is 5.04. The van der Waals surface area contributed by atoms with Gasteiger partial charge in [-0.05, 0) is 32.4 Å². The Morgan fingerprint density at radius 3 is 0.971 bits per heavy atom. The highest BCUT2D eigenvalue weighted by Crippen LogP contribution is 2.15. The predicted molar refractivity (Wildman–Crippen MR) is 155 cm³/mol. The summed E-state index contributed by atoms with van der Waals surface area (Å²) >= 11 is 0. The molecule has 0 aliphatic rings. The van der Waals surface area contributed by atoms with Gasteiger partial charge in [0.1, 0.15) is 0 Å². The Balaban J connectivity index is 3.01. The fraction of sp³-hybridized carbons (Fsp3) is 0.969. The summed E-state index contributed by atoms with van der Waals surface area (Å²) in [6.07, 6.45) is 37.4. The first kappa shape index (κ1) is 34.4. The Bertz CT molecular complexity index is 399. The number of carbonyl (C=O) groups is 1. The van der Waals surface area contributed by atoms with Crippen LogP contribution in [0.5, 0.6) is 0 Å². The number of unbranched alkanes of at least 4 members (excludes halogenated alkanes) is 25. The van der Waals surface area contributed by atoms with E-state index >= 15 is 0 Å². The monoisotopic (exact) mass is 496 g/mol. The molecule has 0 unspecified atom stereocenters. The smallest absolute Gasteiger partial charge is 0.303 e. The van der Waals surface area contributed by atoms with Gasteiger partial charge >= 0.3 is 5.97 Å². The van der Waals surface area contributed by atoms with Crippen LogP contribution in [-0.2, 0) is 4.79 Å². The van der Waals surface area contributed by atoms with Gasteiger partial charge in [0, 0.05) is 6.42 Å². The first-order chi connectivity index (χ1) is 17.3. The number of carboxylic acids is 1. The molecule has 0 spiro atoms. The van der Waals surface area contributed by atoms with Gasteiger partial charge in [-0.15, -0.1) is 0 Å². The van der Waals surface area contributed by atoms with Crippen molar-refractivity contribution in [2.24, 2.45) is 0 Å². The van der Waals surface area contributed by atoms with Crippen LogP contribution in [0.15, 0.2) is 0 Å². The zero-order chi connectivity index (χ0) is 25.5. The number of hydrogen-bond donors (Lipinski definition) is 2. The standard InChI is InChI=1S/C32H65NO2/c1-2-3-4-5-6-21-24-27-30-33-31-28-25-22-19-17-15-13-11-9-7-8-10-12-14-16-18-20-23-26-29-32(34)35/h33H,2-31H2,1H3,(H,34,35). The Kier molecular flexibility index (Phi) is 30.9. The van der Waals surface area contributed by atoms with Crippen LogP contribution in [0, 0.1) is 0 Å². The van der Waals surface area contributed by atoms with Crippen molar-refractivity contribution in [3.05, 3.63) is 0 Å². The van der Waals surface area contributed by atoms with E-state index in [-0.39, 0.29) is 0 Å². The number of rotatable bonds is 31. The number of carboxylic acid groups (broad SMARTS) is 1. The van der Waals surface area contributed by atoms with E-state index in [1.54, 1.807) is 0 Å². The summed E-state index contributed by atoms with van der Waals surface area (Å²) in [5, 5.41) is 12.3. The van der Waals surface area contributed by atoms with Crippen molar-refractivity contribution in [1.82, 2.24) is 5.32 Å². The van der Waals surface area contributed by atoms with E-state index in [0.717, 1.165) is 12.8 Å². The number of nitrogens with one attached hydrogen (secondary N) is 1. The number of hydrogen-bond acceptors (Lipinski definition) is 2. The summed E-state index contributed by atoms with van der Waals surface area (Å²) in [7, 11) is 0. The zero-order valence-electron chi connectivity index (χ0n) is 24.1. The molecule has 0 aliphatic carbocycles. The summed E-state index contributed by atoms with van der Waals surface area (Å²) in [6.45, 7) is 4.75. The van der Waals surface area contributed by atoms with Gasteiger partial charge in [-0.3, -0.25) is 4.79 Å². The van der Waals surface area contributed by atoms with Crippen molar-refractivity contribution < 1.29 is 9.90 Å². The van der Waals surface area contributed by atoms with Gasteiger partial charge in [0.25, 0.3) is 0 Å². The van der Waals surface area contributed by atoms with E-state index in [1.165, 1.54) is 174 Å². The molecule has 3 heteroatoms. The highest BCUT2D eigenvalue weighted by molar-refractivity contribution is 5.66. The zero-order valence-corrected chi connectivity index (χ0v) is 24.1. The minimum Gasteiger partial charge on any atom is -0.481 e. The SMILES string of the molecule is CCCCCCCCCCNCCCCCCCCCCCCCCCCCCCCCC(=O)O. The van der Waals surface area contributed by atoms with Crippen molar-refractivity contribution in [3.63, 3.8) is 0 Å². The Labute approximate surface area is 221 Å². The van der Waals surface area contributed by atoms with Crippen molar-refractivity contribution in [2.45, 2.75) is 187 Å². The van der Waals surface area contributed by atoms with Crippen LogP contribution in [0.3, 0.4) is 0 Å². The molecule has 2 N–H and O–H groups in total. The molecule has 0 amide bonds. The van der Waals surface area contributed by atoms with Crippen LogP contribution in [-0.4, -0.2) is 24.2 Å². The molecule has 0 bridgehead atoms. The van der Waals surface area contributed by atoms with Crippen molar-refractivity contribution in [3.8, 4) is 0 Å². The molecule has 3 nitrogen and oxygen atoms in total. The van der Waals surface area contributed by atoms with Gasteiger partial charge in [-0.1, -0.05) is 161 Å². The highest BCUT2D eigenvalue weighted by atomic mass is 16.4. The van der Waals surface area contributed by atoms with E-state index < -0.39 is 5.97 Å². The largest absolute Gasteiger partial charge is 0.481 e. The van der Waals surface area contributed by atoms with E-state index in [0.29, 0.717) is 6.42 Å². The lowest BCUT2D eigenvalue weighted by atomic mass is 10.0. The molecule has 0 saturated carbocycles. The summed E-state index contributed by atoms with van der Waals surface area (Å²) in [5.74, 6) is -0.650. The number of aliphatic carboxylic acids is 1. The van der Waals surface area contributed by atoms with Crippen LogP contribution in [0.1, 0.15) is 187 Å². The van der Waals surface area contributed by atoms with Gasteiger partial charge in [-0.25, -0.2) is 0 Å². The molecule has 0 saturated heterocycles. The third-order valence-corrected chi connectivity index (χ3v) is 7.45. The molecule has 0 heterocycles. The molecule has 0 fully saturated rings. The molecule has 0 aromatic heterocycles. The minimum atomic E-state index is -0.650. The molecule has 0 atom stereocenters. The Hall–Kier alpha value is -0.570. The van der Waals surface area contributed by atoms with Crippen LogP contribution in [0.2, 0.25) is 0 Å². The van der Waals surface area contributed by atoms with E-state index in [2.05, 4.69) is 12.2 Å². The van der Waals surface area contributed by atoms with Crippen molar-refractivity contribution >= 4 is 5.97 Å². The molecule has 35 heavy (non-hydrogen) atoms. The molecule has 0 aromatic carbocycles. The molecule has 0 aliphatic heterocycles. The molecule has 0 radical (unpaired) electrons. The third kappa shape index (κ3) is 33.4. The van der Waals surface area contributed by atoms with Gasteiger partial charge in [0.15, 0.2) is 0 Å². The molecule has 0 rings (SSSR count). The summed E-state index contributed by atoms with van der Waals surface area (Å²) < 4.78 is 0. The second-order valence-corrected chi connectivity index (χ2v) is 11.1. The Morgan fingerprint density at radius 1 is 0.429 bits per heavy atom. The van der Waals surface area contributed by atoms with Crippen LogP contribution in [0.25, 0.3) is 0 Å². The van der Waals surface area contributed by atoms with Gasteiger partial charge in [0.05, 0.1) is 0 Å². The molecular formula is C32H65NO2. The van der Waals surface area contributed by atoms with Gasteiger partial charge in [-0.2, -0.15) is 0 Å². The van der Waals surface area contributed by atoms with Gasteiger partial charge < -0.3 is 10.4 Å². The van der Waals surface area contributed by atoms with E-state index in [4.69, 9.17) is 5.11 Å².